The third kappa shape index (κ3) is 5.53. The van der Waals surface area contributed by atoms with E-state index in [1.165, 1.54) is 30.5 Å². The number of hydrogen-bond donors (Lipinski definition) is 4. The minimum atomic E-state index is 0.590. The average Bonchev–Trinajstić information content (AvgIpc) is 3.23. The van der Waals surface area contributed by atoms with Crippen LogP contribution in [0.15, 0.2) is 42.7 Å². The third-order valence-corrected chi connectivity index (χ3v) is 5.85. The Morgan fingerprint density at radius 1 is 1.27 bits per heavy atom. The van der Waals surface area contributed by atoms with Crippen LogP contribution in [0.2, 0.25) is 0 Å². The lowest BCUT2D eigenvalue weighted by Gasteiger charge is -2.29. The summed E-state index contributed by atoms with van der Waals surface area (Å²) in [5, 5.41) is 13.1. The highest BCUT2D eigenvalue weighted by atomic mass is 32.2. The van der Waals surface area contributed by atoms with Crippen LogP contribution in [0.5, 0.6) is 5.75 Å². The van der Waals surface area contributed by atoms with Crippen LogP contribution in [0.25, 0.3) is 22.2 Å². The molecule has 0 bridgehead atoms. The van der Waals surface area contributed by atoms with Crippen LogP contribution >= 0.6 is 11.9 Å². The summed E-state index contributed by atoms with van der Waals surface area (Å²) in [5.74, 6) is 1.51. The quantitative estimate of drug-likeness (QED) is 0.252. The first-order valence-corrected chi connectivity index (χ1v) is 11.3. The molecule has 0 aliphatic carbocycles. The minimum Gasteiger partial charge on any atom is -0.492 e. The van der Waals surface area contributed by atoms with E-state index in [4.69, 9.17) is 15.3 Å². The van der Waals surface area contributed by atoms with Crippen LogP contribution in [0.4, 0.5) is 0 Å². The van der Waals surface area contributed by atoms with Gasteiger partial charge in [-0.3, -0.25) is 15.2 Å². The Labute approximate surface area is 181 Å². The Bertz CT molecular complexity index is 916. The van der Waals surface area contributed by atoms with Gasteiger partial charge in [0.15, 0.2) is 0 Å². The van der Waals surface area contributed by atoms with Gasteiger partial charge in [0.1, 0.15) is 11.4 Å². The third-order valence-electron chi connectivity index (χ3n) is 5.42. The standard InChI is InChI=1S/C22H28N4OS.H2O2/c1-26-11-3-4-17(14-26)15-27-20-9-10-23-22-21(20)19(13-24-22)18-7-5-16(6-8-18)12-25-28-2;1-2/h5-10,13,17,25H,3-4,11-12,14-15H2,1-2H3,(H,23,24);1-2H. The Hall–Kier alpha value is -2.10. The van der Waals surface area contributed by atoms with E-state index in [0.29, 0.717) is 5.92 Å². The SMILES string of the molecule is CSNCc1ccc(-c2c[nH]c3nccc(OCC4CCCN(C)C4)c23)cc1.OO. The summed E-state index contributed by atoms with van der Waals surface area (Å²) in [6.45, 7) is 3.93. The Morgan fingerprint density at radius 2 is 2.07 bits per heavy atom. The van der Waals surface area contributed by atoms with E-state index >= 15 is 0 Å². The van der Waals surface area contributed by atoms with E-state index in [-0.39, 0.29) is 0 Å². The first-order chi connectivity index (χ1) is 14.7. The second-order valence-electron chi connectivity index (χ2n) is 7.54. The van der Waals surface area contributed by atoms with Crippen molar-refractivity contribution in [2.45, 2.75) is 19.4 Å². The first kappa shape index (κ1) is 22.6. The summed E-state index contributed by atoms with van der Waals surface area (Å²) in [6.07, 6.45) is 8.39. The highest BCUT2D eigenvalue weighted by molar-refractivity contribution is 7.96. The monoisotopic (exact) mass is 430 g/mol. The van der Waals surface area contributed by atoms with Crippen molar-refractivity contribution in [1.82, 2.24) is 19.6 Å². The molecule has 1 fully saturated rings. The number of rotatable bonds is 7. The van der Waals surface area contributed by atoms with Crippen molar-refractivity contribution < 1.29 is 15.3 Å². The zero-order valence-electron chi connectivity index (χ0n) is 17.5. The first-order valence-electron chi connectivity index (χ1n) is 10.1. The molecule has 7 nitrogen and oxygen atoms in total. The fraction of sp³-hybridized carbons (Fsp3) is 0.409. The molecule has 30 heavy (non-hydrogen) atoms. The zero-order valence-corrected chi connectivity index (χ0v) is 18.3. The molecule has 3 heterocycles. The number of hydrogen-bond acceptors (Lipinski definition) is 7. The van der Waals surface area contributed by atoms with Gasteiger partial charge in [0, 0.05) is 37.0 Å². The predicted molar refractivity (Wildman–Crippen MR) is 123 cm³/mol. The molecule has 1 aliphatic heterocycles. The van der Waals surface area contributed by atoms with Gasteiger partial charge in [0.25, 0.3) is 0 Å². The molecular formula is C22H30N4O3S. The topological polar surface area (TPSA) is 93.6 Å². The molecule has 3 aromatic rings. The number of pyridine rings is 1. The van der Waals surface area contributed by atoms with Gasteiger partial charge >= 0.3 is 0 Å². The van der Waals surface area contributed by atoms with Gasteiger partial charge in [-0.05, 0) is 49.9 Å². The molecule has 1 aliphatic rings. The summed E-state index contributed by atoms with van der Waals surface area (Å²) in [7, 11) is 2.19. The van der Waals surface area contributed by atoms with Gasteiger partial charge in [-0.25, -0.2) is 4.98 Å². The van der Waals surface area contributed by atoms with Crippen LogP contribution in [0.1, 0.15) is 18.4 Å². The Kier molecular flexibility index (Phi) is 8.53. The van der Waals surface area contributed by atoms with Gasteiger partial charge < -0.3 is 14.6 Å². The number of H-pyrrole nitrogens is 1. The molecule has 4 rings (SSSR count). The summed E-state index contributed by atoms with van der Waals surface area (Å²) >= 11 is 1.64. The number of aromatic nitrogens is 2. The number of nitrogens with zero attached hydrogens (tertiary/aromatic N) is 2. The lowest BCUT2D eigenvalue weighted by Crippen LogP contribution is -2.34. The lowest BCUT2D eigenvalue weighted by molar-refractivity contribution is -0.176. The van der Waals surface area contributed by atoms with E-state index in [9.17, 15) is 0 Å². The minimum absolute atomic E-state index is 0.590. The number of aromatic amines is 1. The fourth-order valence-electron chi connectivity index (χ4n) is 3.95. The zero-order chi connectivity index (χ0) is 21.3. The van der Waals surface area contributed by atoms with Gasteiger partial charge in [-0.15, -0.1) is 0 Å². The van der Waals surface area contributed by atoms with Crippen molar-refractivity contribution in [2.24, 2.45) is 5.92 Å². The largest absolute Gasteiger partial charge is 0.492 e. The summed E-state index contributed by atoms with van der Waals surface area (Å²) < 4.78 is 9.59. The van der Waals surface area contributed by atoms with Crippen molar-refractivity contribution in [3.63, 3.8) is 0 Å². The van der Waals surface area contributed by atoms with Crippen molar-refractivity contribution in [3.05, 3.63) is 48.3 Å². The van der Waals surface area contributed by atoms with Crippen LogP contribution < -0.4 is 9.46 Å². The van der Waals surface area contributed by atoms with Crippen LogP contribution in [0.3, 0.4) is 0 Å². The second-order valence-corrected chi connectivity index (χ2v) is 8.24. The van der Waals surface area contributed by atoms with Gasteiger partial charge in [0.2, 0.25) is 0 Å². The molecule has 8 heteroatoms. The smallest absolute Gasteiger partial charge is 0.141 e. The van der Waals surface area contributed by atoms with E-state index in [1.807, 2.05) is 24.7 Å². The summed E-state index contributed by atoms with van der Waals surface area (Å²) in [5.41, 5.74) is 4.47. The molecule has 0 saturated carbocycles. The number of likely N-dealkylation sites (tertiary alicyclic amines) is 1. The predicted octanol–water partition coefficient (Wildman–Crippen LogP) is 4.34. The maximum absolute atomic E-state index is 6.31. The second kappa shape index (κ2) is 11.3. The number of piperidine rings is 1. The Balaban J connectivity index is 0.00000124. The highest BCUT2D eigenvalue weighted by Crippen LogP contribution is 2.35. The van der Waals surface area contributed by atoms with Crippen molar-refractivity contribution in [2.75, 3.05) is 33.0 Å². The van der Waals surface area contributed by atoms with Crippen LogP contribution in [-0.4, -0.2) is 58.4 Å². The molecular weight excluding hydrogens is 400 g/mol. The van der Waals surface area contributed by atoms with Crippen molar-refractivity contribution >= 4 is 23.0 Å². The van der Waals surface area contributed by atoms with E-state index in [2.05, 4.69) is 50.9 Å². The molecule has 1 aromatic carbocycles. The average molecular weight is 431 g/mol. The van der Waals surface area contributed by atoms with Crippen molar-refractivity contribution in [1.29, 1.82) is 0 Å². The fourth-order valence-corrected chi connectivity index (χ4v) is 4.26. The number of fused-ring (bicyclic) bond motifs is 1. The summed E-state index contributed by atoms with van der Waals surface area (Å²) in [6, 6.07) is 10.7. The van der Waals surface area contributed by atoms with Gasteiger partial charge in [0.05, 0.1) is 12.0 Å². The molecule has 4 N–H and O–H groups in total. The maximum atomic E-state index is 6.31. The molecule has 1 saturated heterocycles. The summed E-state index contributed by atoms with van der Waals surface area (Å²) in [4.78, 5) is 10.2. The normalized spacial score (nSPS) is 16.9. The molecule has 0 amide bonds. The maximum Gasteiger partial charge on any atom is 0.141 e. The van der Waals surface area contributed by atoms with E-state index in [0.717, 1.165) is 42.0 Å². The molecule has 0 radical (unpaired) electrons. The van der Waals surface area contributed by atoms with Crippen LogP contribution in [-0.2, 0) is 6.54 Å². The van der Waals surface area contributed by atoms with E-state index in [1.54, 1.807) is 11.9 Å². The lowest BCUT2D eigenvalue weighted by atomic mass is 9.99. The molecule has 1 atom stereocenters. The van der Waals surface area contributed by atoms with Gasteiger partial charge in [-0.2, -0.15) is 0 Å². The molecule has 1 unspecified atom stereocenters. The highest BCUT2D eigenvalue weighted by Gasteiger charge is 2.19. The molecule has 2 aromatic heterocycles. The van der Waals surface area contributed by atoms with E-state index < -0.39 is 0 Å². The Morgan fingerprint density at radius 3 is 2.80 bits per heavy atom. The molecule has 0 spiro atoms. The van der Waals surface area contributed by atoms with Gasteiger partial charge in [-0.1, -0.05) is 36.2 Å². The molecule has 162 valence electrons. The number of nitrogens with one attached hydrogen (secondary N) is 2. The number of benzene rings is 1. The number of ether oxygens (including phenoxy) is 1. The van der Waals surface area contributed by atoms with Crippen LogP contribution in [0, 0.1) is 5.92 Å². The van der Waals surface area contributed by atoms with Crippen molar-refractivity contribution in [3.8, 4) is 16.9 Å².